The van der Waals surface area contributed by atoms with Crippen LogP contribution in [0.4, 0.5) is 0 Å². The number of hydrogen-bond donors (Lipinski definition) is 0. The Morgan fingerprint density at radius 3 is 0.326 bits per heavy atom. The molecule has 30 unspecified atom stereocenters. The Bertz CT molecular complexity index is 2360. The monoisotopic (exact) mass is 2020 g/mol. The zero-order valence-electron chi connectivity index (χ0n) is 84.6. The summed E-state index contributed by atoms with van der Waals surface area (Å²) < 4.78 is 319. The number of ether oxygens (including phenoxy) is 48. The molecule has 12 bridgehead atoms. The Kier molecular flexibility index (Phi) is 68.3. The minimum atomic E-state index is -1.51. The standard InChI is InChI=1S/C90H168O48/c1-91-19-37-109-55-61-67-73(115-43-25-97-7)79(121-49-31-103-13)85(127-61)134-68-62(56-110-38-20-92-2)129-87(81(123-51-33-105-15)74(68)116-44-26-98-8)136-70-64(58-112-40-22-94-4)131-89(83(125-53-35-107-17)76(70)118-46-28-100-10)138-72-66(60-114-42-24-96-6)132-90(84(126-54-36-108-18)78(72)120-48-30-102-12)137-71-65(59-113-41-23-95-5)130-88(82(124-52-34-106-16)77(71)119-47-29-101-11)135-69-63(57-111-39-21-93-3)128-86(133-67)80(122-50-32-104-14)75(69)117-45-27-99-9/h61-90H,19-60H2,1-18H3. The summed E-state index contributed by atoms with van der Waals surface area (Å²) in [5.41, 5.74) is 0. The summed E-state index contributed by atoms with van der Waals surface area (Å²) in [7, 11) is 27.9. The van der Waals surface area contributed by atoms with E-state index in [2.05, 4.69) is 0 Å². The Morgan fingerprint density at radius 1 is 0.116 bits per heavy atom. The van der Waals surface area contributed by atoms with Gasteiger partial charge in [-0.3, -0.25) is 0 Å². The van der Waals surface area contributed by atoms with Crippen molar-refractivity contribution in [1.82, 2.24) is 0 Å². The number of hydrogen-bond acceptors (Lipinski definition) is 48. The van der Waals surface area contributed by atoms with E-state index < -0.39 is 184 Å². The van der Waals surface area contributed by atoms with E-state index in [0.717, 1.165) is 0 Å². The van der Waals surface area contributed by atoms with Gasteiger partial charge in [0, 0.05) is 128 Å². The molecule has 0 aromatic heterocycles. The van der Waals surface area contributed by atoms with E-state index >= 15 is 0 Å². The van der Waals surface area contributed by atoms with Gasteiger partial charge >= 0.3 is 0 Å². The smallest absolute Gasteiger partial charge is 0.187 e. The molecule has 22 aliphatic rings. The molecule has 22 saturated heterocycles. The summed E-state index contributed by atoms with van der Waals surface area (Å²) in [4.78, 5) is 0. The van der Waals surface area contributed by atoms with E-state index in [1.54, 1.807) is 128 Å². The SMILES string of the molecule is COCCOCC1OC2OC3C(COCCOC)OC(OC4C(COCCOC)OC(OC5C(COCCOC)OC(OC6C(COCCOC)OC(OC7C(COCCOC)OC(OC1C(OCCOC)C2OCCOC)C(OCCOC)C7OCCOC)C(OCCOC)C6OCCOC)C(OCCOC)C5OCCOC)C(OCCOC)C4OCCOC)C(OCCOC)C3OCCOC. The third kappa shape index (κ3) is 41.9. The largest absolute Gasteiger partial charge is 0.382 e. The summed E-state index contributed by atoms with van der Waals surface area (Å²) in [6.07, 6.45) is -39.5. The van der Waals surface area contributed by atoms with Gasteiger partial charge in [0.05, 0.1) is 277 Å². The molecule has 138 heavy (non-hydrogen) atoms. The van der Waals surface area contributed by atoms with Crippen molar-refractivity contribution in [2.75, 3.05) is 405 Å². The van der Waals surface area contributed by atoms with Crippen molar-refractivity contribution in [3.63, 3.8) is 0 Å². The zero-order valence-corrected chi connectivity index (χ0v) is 84.6. The first-order valence-corrected chi connectivity index (χ1v) is 47.4. The summed E-state index contributed by atoms with van der Waals surface area (Å²) in [6, 6.07) is 0. The molecular weight excluding hydrogens is 1850 g/mol. The highest BCUT2D eigenvalue weighted by Gasteiger charge is 2.63. The van der Waals surface area contributed by atoms with E-state index in [1.165, 1.54) is 0 Å². The van der Waals surface area contributed by atoms with Gasteiger partial charge in [-0.1, -0.05) is 0 Å². The maximum Gasteiger partial charge on any atom is 0.187 e. The Morgan fingerprint density at radius 2 is 0.217 bits per heavy atom. The Balaban J connectivity index is 1.67. The van der Waals surface area contributed by atoms with Gasteiger partial charge in [0.2, 0.25) is 0 Å². The van der Waals surface area contributed by atoms with Gasteiger partial charge in [0.25, 0.3) is 0 Å². The van der Waals surface area contributed by atoms with Crippen molar-refractivity contribution in [2.24, 2.45) is 0 Å². The quantitative estimate of drug-likeness (QED) is 0.0660. The first-order chi connectivity index (χ1) is 67.9. The van der Waals surface area contributed by atoms with Crippen LogP contribution >= 0.6 is 0 Å². The fourth-order valence-electron chi connectivity index (χ4n) is 16.1. The van der Waals surface area contributed by atoms with E-state index in [1.807, 2.05) is 0 Å². The number of rotatable bonds is 78. The van der Waals surface area contributed by atoms with Gasteiger partial charge in [-0.25, -0.2) is 0 Å². The zero-order chi connectivity index (χ0) is 99.0. The molecule has 0 saturated carbocycles. The van der Waals surface area contributed by atoms with Crippen LogP contribution in [0.5, 0.6) is 0 Å². The van der Waals surface area contributed by atoms with Gasteiger partial charge in [-0.2, -0.15) is 0 Å². The maximum absolute atomic E-state index is 7.69. The van der Waals surface area contributed by atoms with Gasteiger partial charge < -0.3 is 227 Å². The van der Waals surface area contributed by atoms with Crippen LogP contribution in [0.3, 0.4) is 0 Å². The van der Waals surface area contributed by atoms with E-state index in [0.29, 0.717) is 0 Å². The van der Waals surface area contributed by atoms with E-state index in [9.17, 15) is 0 Å². The molecule has 30 atom stereocenters. The molecule has 0 N–H and O–H groups in total. The molecule has 0 aromatic carbocycles. The van der Waals surface area contributed by atoms with Crippen LogP contribution in [0, 0.1) is 0 Å². The summed E-state index contributed by atoms with van der Waals surface area (Å²) >= 11 is 0. The molecule has 22 fully saturated rings. The molecule has 48 nitrogen and oxygen atoms in total. The lowest BCUT2D eigenvalue weighted by Crippen LogP contribution is -2.70. The maximum atomic E-state index is 7.69. The first kappa shape index (κ1) is 123. The third-order valence-electron chi connectivity index (χ3n) is 22.8. The molecule has 48 heteroatoms. The normalized spacial score (nSPS) is 32.7. The molecule has 816 valence electrons. The highest BCUT2D eigenvalue weighted by atomic mass is 16.8. The third-order valence-corrected chi connectivity index (χ3v) is 22.8. The van der Waals surface area contributed by atoms with Crippen LogP contribution in [0.2, 0.25) is 0 Å². The fraction of sp³-hybridized carbons (Fsp3) is 1.00. The van der Waals surface area contributed by atoms with Crippen LogP contribution in [-0.2, 0) is 227 Å². The first-order valence-electron chi connectivity index (χ1n) is 47.4. The van der Waals surface area contributed by atoms with Crippen molar-refractivity contribution >= 4 is 0 Å². The molecular formula is C90H168O48. The van der Waals surface area contributed by atoms with Crippen molar-refractivity contribution in [2.45, 2.75) is 184 Å². The molecule has 0 amide bonds. The molecule has 0 spiro atoms. The van der Waals surface area contributed by atoms with E-state index in [-0.39, 0.29) is 277 Å². The number of methoxy groups -OCH3 is 18. The molecule has 22 rings (SSSR count). The van der Waals surface area contributed by atoms with Crippen LogP contribution in [0.1, 0.15) is 0 Å². The average molecular weight is 2020 g/mol. The molecule has 22 aliphatic heterocycles. The summed E-state index contributed by atoms with van der Waals surface area (Å²) in [6.45, 7) is 0.105. The second-order valence-electron chi connectivity index (χ2n) is 32.2. The van der Waals surface area contributed by atoms with Gasteiger partial charge in [-0.15, -0.1) is 0 Å². The van der Waals surface area contributed by atoms with Crippen LogP contribution in [0.15, 0.2) is 0 Å². The topological polar surface area (TPSA) is 443 Å². The second kappa shape index (κ2) is 76.6. The van der Waals surface area contributed by atoms with Crippen LogP contribution in [0.25, 0.3) is 0 Å². The van der Waals surface area contributed by atoms with Crippen molar-refractivity contribution in [3.8, 4) is 0 Å². The Labute approximate surface area is 814 Å². The fourth-order valence-corrected chi connectivity index (χ4v) is 16.1. The minimum Gasteiger partial charge on any atom is -0.382 e. The summed E-state index contributed by atoms with van der Waals surface area (Å²) in [5.74, 6) is 0. The molecule has 0 radical (unpaired) electrons. The predicted molar refractivity (Wildman–Crippen MR) is 477 cm³/mol. The lowest BCUT2D eigenvalue weighted by Gasteiger charge is -2.54. The van der Waals surface area contributed by atoms with E-state index in [4.69, 9.17) is 227 Å². The predicted octanol–water partition coefficient (Wildman–Crippen LogP) is -0.982. The lowest BCUT2D eigenvalue weighted by molar-refractivity contribution is -0.415. The summed E-state index contributed by atoms with van der Waals surface area (Å²) in [5, 5.41) is 0. The minimum absolute atomic E-state index is 0.0610. The lowest BCUT2D eigenvalue weighted by atomic mass is 9.94. The van der Waals surface area contributed by atoms with Gasteiger partial charge in [0.15, 0.2) is 37.7 Å². The average Bonchev–Trinajstić information content (AvgIpc) is 0.755. The molecule has 0 aliphatic carbocycles. The van der Waals surface area contributed by atoms with Crippen molar-refractivity contribution < 1.29 is 227 Å². The highest BCUT2D eigenvalue weighted by Crippen LogP contribution is 2.44. The Hall–Kier alpha value is -1.92. The van der Waals surface area contributed by atoms with Crippen LogP contribution < -0.4 is 0 Å². The van der Waals surface area contributed by atoms with Crippen molar-refractivity contribution in [1.29, 1.82) is 0 Å². The molecule has 22 heterocycles. The van der Waals surface area contributed by atoms with Gasteiger partial charge in [-0.05, 0) is 0 Å². The van der Waals surface area contributed by atoms with Crippen LogP contribution in [-0.4, -0.2) is 590 Å². The second-order valence-corrected chi connectivity index (χ2v) is 32.2. The molecule has 0 aromatic rings. The van der Waals surface area contributed by atoms with Gasteiger partial charge in [0.1, 0.15) is 146 Å². The highest BCUT2D eigenvalue weighted by molar-refractivity contribution is 5.05. The van der Waals surface area contributed by atoms with Crippen molar-refractivity contribution in [3.05, 3.63) is 0 Å².